The Labute approximate surface area is 180 Å². The van der Waals surface area contributed by atoms with Gasteiger partial charge in [0.15, 0.2) is 11.0 Å². The van der Waals surface area contributed by atoms with Gasteiger partial charge in [-0.25, -0.2) is 4.98 Å². The van der Waals surface area contributed by atoms with E-state index in [0.29, 0.717) is 21.2 Å². The Morgan fingerprint density at radius 3 is 2.73 bits per heavy atom. The van der Waals surface area contributed by atoms with Crippen molar-refractivity contribution in [3.63, 3.8) is 0 Å². The summed E-state index contributed by atoms with van der Waals surface area (Å²) >= 11 is 2.60. The molecule has 0 aliphatic carbocycles. The molecule has 1 aromatic carbocycles. The number of nitrogens with one attached hydrogen (secondary N) is 1. The fourth-order valence-electron chi connectivity index (χ4n) is 2.94. The lowest BCUT2D eigenvalue weighted by molar-refractivity contribution is -0.114. The standard InChI is InChI=1S/C20H19N5O3S2/c1-10-5-6-13(7-11(10)2)14-8-29-17-16(14)18(27)25(4)20(23-17)30-9-15(26)22-19-21-12(3)24-28-19/h5-8H,9H2,1-4H3,(H,21,22,24,26). The molecule has 0 aliphatic heterocycles. The van der Waals surface area contributed by atoms with Crippen molar-refractivity contribution in [2.75, 3.05) is 11.1 Å². The molecular formula is C20H19N5O3S2. The topological polar surface area (TPSA) is 103 Å². The van der Waals surface area contributed by atoms with Crippen molar-refractivity contribution in [2.45, 2.75) is 25.9 Å². The number of hydrogen-bond donors (Lipinski definition) is 1. The second-order valence-electron chi connectivity index (χ2n) is 6.87. The van der Waals surface area contributed by atoms with E-state index in [1.807, 2.05) is 11.4 Å². The minimum absolute atomic E-state index is 0.0479. The summed E-state index contributed by atoms with van der Waals surface area (Å²) in [6, 6.07) is 6.21. The Bertz CT molecular complexity index is 1320. The number of thioether (sulfide) groups is 1. The Kier molecular flexibility index (Phi) is 5.44. The molecule has 8 nitrogen and oxygen atoms in total. The largest absolute Gasteiger partial charge is 0.328 e. The van der Waals surface area contributed by atoms with Crippen LogP contribution < -0.4 is 10.9 Å². The third-order valence-electron chi connectivity index (χ3n) is 4.70. The first-order chi connectivity index (χ1) is 14.3. The number of carbonyl (C=O) groups excluding carboxylic acids is 1. The molecule has 0 saturated carbocycles. The van der Waals surface area contributed by atoms with Crippen molar-refractivity contribution in [3.05, 3.63) is 50.9 Å². The van der Waals surface area contributed by atoms with Gasteiger partial charge in [0.1, 0.15) is 4.83 Å². The molecule has 10 heteroatoms. The quantitative estimate of drug-likeness (QED) is 0.372. The first-order valence-electron chi connectivity index (χ1n) is 9.12. The van der Waals surface area contributed by atoms with Crippen LogP contribution in [-0.2, 0) is 11.8 Å². The highest BCUT2D eigenvalue weighted by atomic mass is 32.2. The van der Waals surface area contributed by atoms with Crippen LogP contribution in [0.3, 0.4) is 0 Å². The first kappa shape index (κ1) is 20.3. The maximum Gasteiger partial charge on any atom is 0.328 e. The predicted molar refractivity (Wildman–Crippen MR) is 118 cm³/mol. The van der Waals surface area contributed by atoms with Crippen molar-refractivity contribution >= 4 is 45.2 Å². The van der Waals surface area contributed by atoms with Gasteiger partial charge in [0.2, 0.25) is 5.91 Å². The van der Waals surface area contributed by atoms with Crippen molar-refractivity contribution in [1.82, 2.24) is 19.7 Å². The zero-order valence-corrected chi connectivity index (χ0v) is 18.5. The lowest BCUT2D eigenvalue weighted by Crippen LogP contribution is -2.21. The average molecular weight is 442 g/mol. The van der Waals surface area contributed by atoms with Gasteiger partial charge in [0, 0.05) is 18.0 Å². The third kappa shape index (κ3) is 3.88. The van der Waals surface area contributed by atoms with Gasteiger partial charge >= 0.3 is 6.01 Å². The number of rotatable bonds is 5. The minimum atomic E-state index is -0.319. The molecule has 4 rings (SSSR count). The summed E-state index contributed by atoms with van der Waals surface area (Å²) in [4.78, 5) is 34.4. The molecule has 0 spiro atoms. The monoisotopic (exact) mass is 441 g/mol. The number of fused-ring (bicyclic) bond motifs is 1. The van der Waals surface area contributed by atoms with Crippen LogP contribution in [0.25, 0.3) is 21.3 Å². The highest BCUT2D eigenvalue weighted by Gasteiger charge is 2.17. The molecule has 4 aromatic rings. The second kappa shape index (κ2) is 8.04. The van der Waals surface area contributed by atoms with Gasteiger partial charge in [-0.1, -0.05) is 35.1 Å². The highest BCUT2D eigenvalue weighted by molar-refractivity contribution is 7.99. The Morgan fingerprint density at radius 1 is 1.23 bits per heavy atom. The van der Waals surface area contributed by atoms with Gasteiger partial charge in [-0.2, -0.15) is 4.98 Å². The van der Waals surface area contributed by atoms with E-state index in [1.165, 1.54) is 38.8 Å². The van der Waals surface area contributed by atoms with Crippen LogP contribution in [0.2, 0.25) is 0 Å². The average Bonchev–Trinajstić information content (AvgIpc) is 3.31. The van der Waals surface area contributed by atoms with Gasteiger partial charge < -0.3 is 4.52 Å². The highest BCUT2D eigenvalue weighted by Crippen LogP contribution is 2.33. The number of nitrogens with zero attached hydrogens (tertiary/aromatic N) is 4. The maximum atomic E-state index is 13.1. The van der Waals surface area contributed by atoms with E-state index in [-0.39, 0.29) is 23.2 Å². The second-order valence-corrected chi connectivity index (χ2v) is 8.67. The molecule has 0 aliphatic rings. The van der Waals surface area contributed by atoms with Crippen LogP contribution in [-0.4, -0.2) is 31.4 Å². The molecule has 1 N–H and O–H groups in total. The Hall–Kier alpha value is -2.98. The summed E-state index contributed by atoms with van der Waals surface area (Å²) in [6.45, 7) is 5.78. The van der Waals surface area contributed by atoms with Gasteiger partial charge in [-0.3, -0.25) is 19.5 Å². The number of carbonyl (C=O) groups is 1. The number of amides is 1. The zero-order valence-electron chi connectivity index (χ0n) is 16.8. The van der Waals surface area contributed by atoms with Crippen molar-refractivity contribution < 1.29 is 9.32 Å². The lowest BCUT2D eigenvalue weighted by Gasteiger charge is -2.08. The van der Waals surface area contributed by atoms with Gasteiger partial charge in [0.05, 0.1) is 11.1 Å². The maximum absolute atomic E-state index is 13.1. The predicted octanol–water partition coefficient (Wildman–Crippen LogP) is 3.70. The van der Waals surface area contributed by atoms with E-state index in [1.54, 1.807) is 14.0 Å². The minimum Gasteiger partial charge on any atom is -0.315 e. The molecule has 3 aromatic heterocycles. The van der Waals surface area contributed by atoms with E-state index in [2.05, 4.69) is 46.4 Å². The molecule has 0 atom stereocenters. The van der Waals surface area contributed by atoms with Gasteiger partial charge in [-0.05, 0) is 37.5 Å². The summed E-state index contributed by atoms with van der Waals surface area (Å²) in [5, 5.41) is 9.18. The van der Waals surface area contributed by atoms with Crippen molar-refractivity contribution in [3.8, 4) is 11.1 Å². The summed E-state index contributed by atoms with van der Waals surface area (Å²) in [6.07, 6.45) is 0. The molecule has 0 radical (unpaired) electrons. The van der Waals surface area contributed by atoms with Crippen LogP contribution in [0.1, 0.15) is 17.0 Å². The third-order valence-corrected chi connectivity index (χ3v) is 6.60. The molecular weight excluding hydrogens is 422 g/mol. The lowest BCUT2D eigenvalue weighted by atomic mass is 10.0. The smallest absolute Gasteiger partial charge is 0.315 e. The first-order valence-corrected chi connectivity index (χ1v) is 11.0. The van der Waals surface area contributed by atoms with E-state index < -0.39 is 0 Å². The zero-order chi connectivity index (χ0) is 21.4. The molecule has 0 bridgehead atoms. The number of benzene rings is 1. The SMILES string of the molecule is Cc1noc(NC(=O)CSc2nc3scc(-c4ccc(C)c(C)c4)c3c(=O)n2C)n1. The summed E-state index contributed by atoms with van der Waals surface area (Å²) in [7, 11) is 1.66. The van der Waals surface area contributed by atoms with E-state index in [9.17, 15) is 9.59 Å². The number of thiophene rings is 1. The van der Waals surface area contributed by atoms with E-state index in [0.717, 1.165) is 11.1 Å². The van der Waals surface area contributed by atoms with Gasteiger partial charge in [0.25, 0.3) is 5.56 Å². The molecule has 30 heavy (non-hydrogen) atoms. The fraction of sp³-hybridized carbons (Fsp3) is 0.250. The van der Waals surface area contributed by atoms with E-state index >= 15 is 0 Å². The number of anilines is 1. The normalized spacial score (nSPS) is 11.2. The Morgan fingerprint density at radius 2 is 2.03 bits per heavy atom. The summed E-state index contributed by atoms with van der Waals surface area (Å²) in [5.41, 5.74) is 4.12. The van der Waals surface area contributed by atoms with Crippen LogP contribution >= 0.6 is 23.1 Å². The van der Waals surface area contributed by atoms with E-state index in [4.69, 9.17) is 4.52 Å². The molecule has 1 amide bonds. The summed E-state index contributed by atoms with van der Waals surface area (Å²) < 4.78 is 6.36. The van der Waals surface area contributed by atoms with Crippen molar-refractivity contribution in [2.24, 2.45) is 7.05 Å². The van der Waals surface area contributed by atoms with Crippen LogP contribution in [0, 0.1) is 20.8 Å². The van der Waals surface area contributed by atoms with Gasteiger partial charge in [-0.15, -0.1) is 11.3 Å². The fourth-order valence-corrected chi connectivity index (χ4v) is 4.70. The molecule has 0 unspecified atom stereocenters. The molecule has 154 valence electrons. The van der Waals surface area contributed by atoms with Crippen LogP contribution in [0.5, 0.6) is 0 Å². The number of aryl methyl sites for hydroxylation is 3. The molecule has 3 heterocycles. The number of aromatic nitrogens is 4. The number of hydrogen-bond acceptors (Lipinski definition) is 8. The molecule has 0 saturated heterocycles. The van der Waals surface area contributed by atoms with Crippen molar-refractivity contribution in [1.29, 1.82) is 0 Å². The molecule has 0 fully saturated rings. The van der Waals surface area contributed by atoms with Crippen LogP contribution in [0.4, 0.5) is 6.01 Å². The Balaban J connectivity index is 1.60. The van der Waals surface area contributed by atoms with Crippen LogP contribution in [0.15, 0.2) is 38.1 Å². The summed E-state index contributed by atoms with van der Waals surface area (Å²) in [5.74, 6) is 0.174.